The van der Waals surface area contributed by atoms with E-state index in [4.69, 9.17) is 4.74 Å². The Labute approximate surface area is 165 Å². The zero-order valence-corrected chi connectivity index (χ0v) is 16.1. The van der Waals surface area contributed by atoms with Crippen LogP contribution in [-0.2, 0) is 20.9 Å². The van der Waals surface area contributed by atoms with Gasteiger partial charge in [0.05, 0.1) is 0 Å². The normalized spacial score (nSPS) is 10.2. The van der Waals surface area contributed by atoms with E-state index in [1.54, 1.807) is 24.3 Å². The predicted octanol–water partition coefficient (Wildman–Crippen LogP) is 3.68. The van der Waals surface area contributed by atoms with Gasteiger partial charge in [-0.15, -0.1) is 0 Å². The molecule has 2 aromatic carbocycles. The maximum absolute atomic E-state index is 12.2. The van der Waals surface area contributed by atoms with Crippen molar-refractivity contribution in [3.05, 3.63) is 65.7 Å². The molecule has 28 heavy (non-hydrogen) atoms. The first-order valence-electron chi connectivity index (χ1n) is 9.40. The number of hydrogen-bond acceptors (Lipinski definition) is 4. The van der Waals surface area contributed by atoms with Crippen molar-refractivity contribution in [1.82, 2.24) is 5.32 Å². The van der Waals surface area contributed by atoms with Gasteiger partial charge in [-0.05, 0) is 42.7 Å². The highest BCUT2D eigenvalue weighted by molar-refractivity contribution is 6.04. The fraction of sp³-hybridized carbons (Fsp3) is 0.318. The molecule has 0 radical (unpaired) electrons. The van der Waals surface area contributed by atoms with Crippen LogP contribution < -0.4 is 10.6 Å². The minimum Gasteiger partial charge on any atom is -0.461 e. The number of unbranched alkanes of at least 4 members (excludes halogenated alkanes) is 2. The molecule has 148 valence electrons. The highest BCUT2D eigenvalue weighted by Crippen LogP contribution is 2.11. The van der Waals surface area contributed by atoms with Crippen LogP contribution in [0.3, 0.4) is 0 Å². The van der Waals surface area contributed by atoms with Gasteiger partial charge in [0, 0.05) is 31.1 Å². The van der Waals surface area contributed by atoms with E-state index in [1.165, 1.54) is 6.92 Å². The van der Waals surface area contributed by atoms with Gasteiger partial charge in [-0.25, -0.2) is 0 Å². The largest absolute Gasteiger partial charge is 0.461 e. The molecule has 0 saturated heterocycles. The molecule has 0 heterocycles. The summed E-state index contributed by atoms with van der Waals surface area (Å²) < 4.78 is 5.26. The third-order valence-electron chi connectivity index (χ3n) is 4.08. The van der Waals surface area contributed by atoms with Crippen molar-refractivity contribution in [1.29, 1.82) is 0 Å². The van der Waals surface area contributed by atoms with Crippen LogP contribution in [0, 0.1) is 0 Å². The molecule has 6 nitrogen and oxygen atoms in total. The van der Waals surface area contributed by atoms with Crippen LogP contribution in [0.15, 0.2) is 54.6 Å². The fourth-order valence-electron chi connectivity index (χ4n) is 2.55. The number of anilines is 1. The molecule has 0 aliphatic heterocycles. The topological polar surface area (TPSA) is 84.5 Å². The second kappa shape index (κ2) is 11.5. The van der Waals surface area contributed by atoms with Crippen molar-refractivity contribution in [3.8, 4) is 0 Å². The monoisotopic (exact) mass is 382 g/mol. The minimum atomic E-state index is -0.245. The zero-order chi connectivity index (χ0) is 20.2. The van der Waals surface area contributed by atoms with Gasteiger partial charge in [0.25, 0.3) is 5.91 Å². The lowest BCUT2D eigenvalue weighted by molar-refractivity contribution is -0.145. The van der Waals surface area contributed by atoms with E-state index in [0.717, 1.165) is 30.5 Å². The highest BCUT2D eigenvalue weighted by atomic mass is 16.5. The van der Waals surface area contributed by atoms with Crippen molar-refractivity contribution >= 4 is 23.5 Å². The van der Waals surface area contributed by atoms with Gasteiger partial charge in [0.2, 0.25) is 5.91 Å². The number of carbonyl (C=O) groups is 3. The number of para-hydroxylation sites is 1. The van der Waals surface area contributed by atoms with E-state index in [1.807, 2.05) is 30.3 Å². The van der Waals surface area contributed by atoms with Gasteiger partial charge < -0.3 is 15.4 Å². The molecule has 0 unspecified atom stereocenters. The van der Waals surface area contributed by atoms with Crippen molar-refractivity contribution < 1.29 is 19.1 Å². The molecular weight excluding hydrogens is 356 g/mol. The summed E-state index contributed by atoms with van der Waals surface area (Å²) in [7, 11) is 0. The lowest BCUT2D eigenvalue weighted by Crippen LogP contribution is -2.20. The molecule has 6 heteroatoms. The molecule has 0 fully saturated rings. The van der Waals surface area contributed by atoms with Gasteiger partial charge in [-0.1, -0.05) is 36.8 Å². The van der Waals surface area contributed by atoms with Crippen molar-refractivity contribution in [2.75, 3.05) is 11.9 Å². The second-order valence-electron chi connectivity index (χ2n) is 6.47. The van der Waals surface area contributed by atoms with Gasteiger partial charge in [0.15, 0.2) is 0 Å². The van der Waals surface area contributed by atoms with Crippen LogP contribution in [-0.4, -0.2) is 24.3 Å². The maximum atomic E-state index is 12.2. The number of nitrogens with one attached hydrogen (secondary N) is 2. The van der Waals surface area contributed by atoms with Crippen LogP contribution in [0.4, 0.5) is 5.69 Å². The zero-order valence-electron chi connectivity index (χ0n) is 16.1. The number of ether oxygens (including phenoxy) is 1. The molecular formula is C22H26N2O4. The first-order valence-corrected chi connectivity index (χ1v) is 9.40. The Morgan fingerprint density at radius 1 is 0.893 bits per heavy atom. The Balaban J connectivity index is 1.67. The average Bonchev–Trinajstić information content (AvgIpc) is 2.70. The summed E-state index contributed by atoms with van der Waals surface area (Å²) in [4.78, 5) is 34.7. The Kier molecular flexibility index (Phi) is 8.72. The third kappa shape index (κ3) is 8.03. The van der Waals surface area contributed by atoms with E-state index in [-0.39, 0.29) is 24.4 Å². The molecule has 0 bridgehead atoms. The van der Waals surface area contributed by atoms with Crippen molar-refractivity contribution in [2.45, 2.75) is 39.2 Å². The SMILES string of the molecule is CC(=O)NCCCCCC(=O)OCc1ccc(C(=O)Nc2ccccc2)cc1. The second-order valence-corrected chi connectivity index (χ2v) is 6.47. The quantitative estimate of drug-likeness (QED) is 0.485. The van der Waals surface area contributed by atoms with Crippen LogP contribution in [0.5, 0.6) is 0 Å². The summed E-state index contributed by atoms with van der Waals surface area (Å²) in [5, 5.41) is 5.55. The number of amides is 2. The summed E-state index contributed by atoms with van der Waals surface area (Å²) in [5.41, 5.74) is 2.11. The minimum absolute atomic E-state index is 0.0389. The predicted molar refractivity (Wildman–Crippen MR) is 108 cm³/mol. The molecule has 0 saturated carbocycles. The van der Waals surface area contributed by atoms with Gasteiger partial charge in [-0.2, -0.15) is 0 Å². The molecule has 0 aliphatic rings. The first-order chi connectivity index (χ1) is 13.5. The van der Waals surface area contributed by atoms with Crippen LogP contribution >= 0.6 is 0 Å². The molecule has 2 amide bonds. The molecule has 0 aromatic heterocycles. The van der Waals surface area contributed by atoms with E-state index in [2.05, 4.69) is 10.6 Å². The number of esters is 1. The lowest BCUT2D eigenvalue weighted by atomic mass is 10.1. The van der Waals surface area contributed by atoms with Crippen LogP contribution in [0.2, 0.25) is 0 Å². The smallest absolute Gasteiger partial charge is 0.306 e. The Bertz CT molecular complexity index is 773. The van der Waals surface area contributed by atoms with E-state index in [0.29, 0.717) is 18.5 Å². The Morgan fingerprint density at radius 3 is 2.29 bits per heavy atom. The fourth-order valence-corrected chi connectivity index (χ4v) is 2.55. The van der Waals surface area contributed by atoms with Gasteiger partial charge in [-0.3, -0.25) is 14.4 Å². The number of benzene rings is 2. The van der Waals surface area contributed by atoms with E-state index >= 15 is 0 Å². The molecule has 0 aliphatic carbocycles. The maximum Gasteiger partial charge on any atom is 0.306 e. The standard InChI is InChI=1S/C22H26N2O4/c1-17(25)23-15-7-3-6-10-21(26)28-16-18-11-13-19(14-12-18)22(27)24-20-8-4-2-5-9-20/h2,4-5,8-9,11-14H,3,6-7,10,15-16H2,1H3,(H,23,25)(H,24,27). The highest BCUT2D eigenvalue weighted by Gasteiger charge is 2.07. The summed E-state index contributed by atoms with van der Waals surface area (Å²) in [5.74, 6) is -0.470. The molecule has 0 spiro atoms. The van der Waals surface area contributed by atoms with E-state index in [9.17, 15) is 14.4 Å². The van der Waals surface area contributed by atoms with Crippen LogP contribution in [0.25, 0.3) is 0 Å². The molecule has 2 rings (SSSR count). The Morgan fingerprint density at radius 2 is 1.61 bits per heavy atom. The number of rotatable bonds is 10. The summed E-state index contributed by atoms with van der Waals surface area (Å²) >= 11 is 0. The lowest BCUT2D eigenvalue weighted by Gasteiger charge is -2.07. The summed E-state index contributed by atoms with van der Waals surface area (Å²) in [6, 6.07) is 16.2. The summed E-state index contributed by atoms with van der Waals surface area (Å²) in [6.07, 6.45) is 2.80. The van der Waals surface area contributed by atoms with E-state index < -0.39 is 0 Å². The molecule has 2 aromatic rings. The van der Waals surface area contributed by atoms with Crippen molar-refractivity contribution in [2.24, 2.45) is 0 Å². The first kappa shape index (κ1) is 21.2. The van der Waals surface area contributed by atoms with Gasteiger partial charge >= 0.3 is 5.97 Å². The number of hydrogen-bond donors (Lipinski definition) is 2. The molecule has 2 N–H and O–H groups in total. The Hall–Kier alpha value is -3.15. The van der Waals surface area contributed by atoms with Crippen molar-refractivity contribution in [3.63, 3.8) is 0 Å². The number of carbonyl (C=O) groups excluding carboxylic acids is 3. The third-order valence-corrected chi connectivity index (χ3v) is 4.08. The average molecular weight is 382 g/mol. The molecule has 0 atom stereocenters. The van der Waals surface area contributed by atoms with Gasteiger partial charge in [0.1, 0.15) is 6.61 Å². The van der Waals surface area contributed by atoms with Crippen LogP contribution in [0.1, 0.15) is 48.5 Å². The summed E-state index contributed by atoms with van der Waals surface area (Å²) in [6.45, 7) is 2.31.